The van der Waals surface area contributed by atoms with Crippen LogP contribution < -0.4 is 5.32 Å². The SMILES string of the molecule is CCc1ccc(-c2nc([C@@H]3CCCN3)cs2)cc1. The van der Waals surface area contributed by atoms with E-state index in [1.165, 1.54) is 29.7 Å². The Hall–Kier alpha value is -1.19. The first-order valence-corrected chi connectivity index (χ1v) is 7.53. The second kappa shape index (κ2) is 5.21. The average molecular weight is 258 g/mol. The molecule has 1 N–H and O–H groups in total. The Morgan fingerprint density at radius 2 is 2.17 bits per heavy atom. The number of rotatable bonds is 3. The maximum atomic E-state index is 4.77. The second-order valence-electron chi connectivity index (χ2n) is 4.78. The average Bonchev–Trinajstić information content (AvgIpc) is 3.09. The lowest BCUT2D eigenvalue weighted by molar-refractivity contribution is 0.632. The fraction of sp³-hybridized carbons (Fsp3) is 0.400. The molecule has 1 atom stereocenters. The van der Waals surface area contributed by atoms with E-state index >= 15 is 0 Å². The molecule has 1 aliphatic rings. The standard InChI is InChI=1S/C15H18N2S/c1-2-11-5-7-12(8-6-11)15-17-14(10-18-15)13-4-3-9-16-13/h5-8,10,13,16H,2-4,9H2,1H3/t13-/m0/s1. The van der Waals surface area contributed by atoms with Crippen LogP contribution in [0.3, 0.4) is 0 Å². The van der Waals surface area contributed by atoms with Crippen LogP contribution in [-0.4, -0.2) is 11.5 Å². The Labute approximate surface area is 112 Å². The van der Waals surface area contributed by atoms with Gasteiger partial charge in [0, 0.05) is 10.9 Å². The van der Waals surface area contributed by atoms with Crippen molar-refractivity contribution in [3.8, 4) is 10.6 Å². The first-order chi connectivity index (χ1) is 8.86. The van der Waals surface area contributed by atoms with E-state index in [1.807, 2.05) is 0 Å². The molecule has 0 spiro atoms. The Morgan fingerprint density at radius 1 is 1.33 bits per heavy atom. The molecule has 3 rings (SSSR count). The van der Waals surface area contributed by atoms with Crippen molar-refractivity contribution in [3.05, 3.63) is 40.9 Å². The van der Waals surface area contributed by atoms with Crippen LogP contribution in [0.25, 0.3) is 10.6 Å². The highest BCUT2D eigenvalue weighted by molar-refractivity contribution is 7.13. The molecule has 2 nitrogen and oxygen atoms in total. The Bertz CT molecular complexity index is 510. The molecule has 1 aromatic heterocycles. The summed E-state index contributed by atoms with van der Waals surface area (Å²) < 4.78 is 0. The highest BCUT2D eigenvalue weighted by Crippen LogP contribution is 2.29. The van der Waals surface area contributed by atoms with Gasteiger partial charge in [-0.05, 0) is 31.4 Å². The lowest BCUT2D eigenvalue weighted by Gasteiger charge is -2.05. The molecule has 1 saturated heterocycles. The van der Waals surface area contributed by atoms with Crippen molar-refractivity contribution in [3.63, 3.8) is 0 Å². The summed E-state index contributed by atoms with van der Waals surface area (Å²) in [4.78, 5) is 4.77. The molecule has 0 unspecified atom stereocenters. The molecule has 2 aromatic rings. The molecular weight excluding hydrogens is 240 g/mol. The van der Waals surface area contributed by atoms with Gasteiger partial charge in [0.15, 0.2) is 0 Å². The molecule has 94 valence electrons. The third-order valence-electron chi connectivity index (χ3n) is 3.55. The number of hydrogen-bond donors (Lipinski definition) is 1. The molecule has 2 heterocycles. The van der Waals surface area contributed by atoms with E-state index in [-0.39, 0.29) is 0 Å². The number of aromatic nitrogens is 1. The van der Waals surface area contributed by atoms with E-state index < -0.39 is 0 Å². The van der Waals surface area contributed by atoms with Crippen LogP contribution in [0.4, 0.5) is 0 Å². The second-order valence-corrected chi connectivity index (χ2v) is 5.64. The quantitative estimate of drug-likeness (QED) is 0.906. The first kappa shape index (κ1) is 11.9. The predicted octanol–water partition coefficient (Wildman–Crippen LogP) is 3.80. The van der Waals surface area contributed by atoms with Crippen LogP contribution >= 0.6 is 11.3 Å². The number of nitrogens with one attached hydrogen (secondary N) is 1. The molecule has 1 aromatic carbocycles. The highest BCUT2D eigenvalue weighted by atomic mass is 32.1. The Kier molecular flexibility index (Phi) is 3.43. The summed E-state index contributed by atoms with van der Waals surface area (Å²) in [6, 6.07) is 9.24. The van der Waals surface area contributed by atoms with E-state index in [9.17, 15) is 0 Å². The van der Waals surface area contributed by atoms with Crippen LogP contribution in [0.5, 0.6) is 0 Å². The van der Waals surface area contributed by atoms with E-state index in [1.54, 1.807) is 11.3 Å². The zero-order valence-corrected chi connectivity index (χ0v) is 11.5. The van der Waals surface area contributed by atoms with E-state index in [0.717, 1.165) is 18.0 Å². The summed E-state index contributed by atoms with van der Waals surface area (Å²) >= 11 is 1.75. The van der Waals surface area contributed by atoms with Crippen molar-refractivity contribution in [1.29, 1.82) is 0 Å². The van der Waals surface area contributed by atoms with Gasteiger partial charge in [-0.1, -0.05) is 31.2 Å². The van der Waals surface area contributed by atoms with Gasteiger partial charge < -0.3 is 5.32 Å². The van der Waals surface area contributed by atoms with Gasteiger partial charge in [0.2, 0.25) is 0 Å². The van der Waals surface area contributed by atoms with Crippen LogP contribution in [-0.2, 0) is 6.42 Å². The normalized spacial score (nSPS) is 19.3. The predicted molar refractivity (Wildman–Crippen MR) is 76.9 cm³/mol. The van der Waals surface area contributed by atoms with Crippen LogP contribution in [0.2, 0.25) is 0 Å². The van der Waals surface area contributed by atoms with E-state index in [2.05, 4.69) is 41.9 Å². The fourth-order valence-corrected chi connectivity index (χ4v) is 3.28. The largest absolute Gasteiger partial charge is 0.309 e. The minimum Gasteiger partial charge on any atom is -0.309 e. The topological polar surface area (TPSA) is 24.9 Å². The molecule has 0 amide bonds. The molecule has 0 aliphatic carbocycles. The smallest absolute Gasteiger partial charge is 0.123 e. The number of hydrogen-bond acceptors (Lipinski definition) is 3. The molecule has 0 radical (unpaired) electrons. The Balaban J connectivity index is 1.82. The van der Waals surface area contributed by atoms with Crippen molar-refractivity contribution in [2.24, 2.45) is 0 Å². The van der Waals surface area contributed by atoms with E-state index in [0.29, 0.717) is 6.04 Å². The lowest BCUT2D eigenvalue weighted by Crippen LogP contribution is -2.12. The maximum absolute atomic E-state index is 4.77. The molecule has 3 heteroatoms. The summed E-state index contributed by atoms with van der Waals surface area (Å²) in [5.74, 6) is 0. The highest BCUT2D eigenvalue weighted by Gasteiger charge is 2.19. The van der Waals surface area contributed by atoms with Gasteiger partial charge in [0.25, 0.3) is 0 Å². The van der Waals surface area contributed by atoms with Gasteiger partial charge in [-0.2, -0.15) is 0 Å². The van der Waals surface area contributed by atoms with Gasteiger partial charge >= 0.3 is 0 Å². The summed E-state index contributed by atoms with van der Waals surface area (Å²) in [5, 5.41) is 6.84. The minimum absolute atomic E-state index is 0.477. The van der Waals surface area contributed by atoms with Crippen LogP contribution in [0.15, 0.2) is 29.6 Å². The summed E-state index contributed by atoms with van der Waals surface area (Å²) in [6.45, 7) is 3.31. The van der Waals surface area contributed by atoms with Crippen molar-refractivity contribution in [1.82, 2.24) is 10.3 Å². The molecule has 0 bridgehead atoms. The van der Waals surface area contributed by atoms with Crippen molar-refractivity contribution < 1.29 is 0 Å². The van der Waals surface area contributed by atoms with Crippen molar-refractivity contribution in [2.75, 3.05) is 6.54 Å². The number of nitrogens with zero attached hydrogens (tertiary/aromatic N) is 1. The van der Waals surface area contributed by atoms with Gasteiger partial charge in [0.1, 0.15) is 5.01 Å². The lowest BCUT2D eigenvalue weighted by atomic mass is 10.1. The third kappa shape index (κ3) is 2.33. The zero-order chi connectivity index (χ0) is 12.4. The first-order valence-electron chi connectivity index (χ1n) is 6.65. The molecule has 1 fully saturated rings. The number of thiazole rings is 1. The molecule has 0 saturated carbocycles. The van der Waals surface area contributed by atoms with E-state index in [4.69, 9.17) is 4.98 Å². The summed E-state index contributed by atoms with van der Waals surface area (Å²) in [6.07, 6.45) is 3.58. The van der Waals surface area contributed by atoms with Crippen molar-refractivity contribution >= 4 is 11.3 Å². The maximum Gasteiger partial charge on any atom is 0.123 e. The van der Waals surface area contributed by atoms with Crippen LogP contribution in [0.1, 0.15) is 37.1 Å². The summed E-state index contributed by atoms with van der Waals surface area (Å²) in [5.41, 5.74) is 3.83. The van der Waals surface area contributed by atoms with Gasteiger partial charge in [-0.25, -0.2) is 4.98 Å². The molecule has 18 heavy (non-hydrogen) atoms. The molecule has 1 aliphatic heterocycles. The van der Waals surface area contributed by atoms with Gasteiger partial charge in [0.05, 0.1) is 11.7 Å². The number of benzene rings is 1. The molecular formula is C15H18N2S. The fourth-order valence-electron chi connectivity index (χ4n) is 2.40. The Morgan fingerprint density at radius 3 is 2.83 bits per heavy atom. The summed E-state index contributed by atoms with van der Waals surface area (Å²) in [7, 11) is 0. The number of aryl methyl sites for hydroxylation is 1. The van der Waals surface area contributed by atoms with Crippen molar-refractivity contribution in [2.45, 2.75) is 32.2 Å². The third-order valence-corrected chi connectivity index (χ3v) is 4.46. The monoisotopic (exact) mass is 258 g/mol. The minimum atomic E-state index is 0.477. The van der Waals surface area contributed by atoms with Crippen LogP contribution in [0, 0.1) is 0 Å². The van der Waals surface area contributed by atoms with Gasteiger partial charge in [-0.15, -0.1) is 11.3 Å². The van der Waals surface area contributed by atoms with Gasteiger partial charge in [-0.3, -0.25) is 0 Å². The zero-order valence-electron chi connectivity index (χ0n) is 10.6.